The molecule has 0 saturated heterocycles. The highest BCUT2D eigenvalue weighted by atomic mass is 127. The number of hydrogen-bond acceptors (Lipinski definition) is 1. The number of halogens is 4. The lowest BCUT2D eigenvalue weighted by molar-refractivity contribution is 0.910. The summed E-state index contributed by atoms with van der Waals surface area (Å²) in [6.07, 6.45) is 4.07. The Morgan fingerprint density at radius 2 is 2.11 bits per heavy atom. The van der Waals surface area contributed by atoms with Crippen molar-refractivity contribution in [1.29, 1.82) is 0 Å². The van der Waals surface area contributed by atoms with Gasteiger partial charge in [0.1, 0.15) is 0 Å². The first kappa shape index (κ1) is 14.6. The lowest BCUT2D eigenvalue weighted by Crippen LogP contribution is -1.99. The minimum absolute atomic E-state index is 0.103. The number of benzene rings is 1. The van der Waals surface area contributed by atoms with Crippen molar-refractivity contribution < 1.29 is 0 Å². The van der Waals surface area contributed by atoms with E-state index in [1.54, 1.807) is 12.4 Å². The zero-order valence-corrected chi connectivity index (χ0v) is 14.5. The van der Waals surface area contributed by atoms with Crippen molar-refractivity contribution in [1.82, 2.24) is 4.98 Å². The Morgan fingerprint density at radius 1 is 1.33 bits per heavy atom. The molecule has 1 nitrogen and oxygen atoms in total. The highest BCUT2D eigenvalue weighted by Crippen LogP contribution is 2.32. The van der Waals surface area contributed by atoms with Gasteiger partial charge in [0.15, 0.2) is 0 Å². The molecule has 0 aliphatic rings. The number of alkyl halides is 1. The molecule has 0 fully saturated rings. The molecule has 1 unspecified atom stereocenters. The van der Waals surface area contributed by atoms with Crippen molar-refractivity contribution in [2.75, 3.05) is 0 Å². The van der Waals surface area contributed by atoms with Gasteiger partial charge in [-0.1, -0.05) is 27.5 Å². The summed E-state index contributed by atoms with van der Waals surface area (Å²) in [5.41, 5.74) is 2.13. The summed E-state index contributed by atoms with van der Waals surface area (Å²) in [6, 6.07) is 8.01. The van der Waals surface area contributed by atoms with Gasteiger partial charge in [-0.05, 0) is 64.4 Å². The molecular formula is C13H9BrCl2IN. The van der Waals surface area contributed by atoms with Crippen LogP contribution in [0.1, 0.15) is 16.5 Å². The topological polar surface area (TPSA) is 12.9 Å². The average molecular weight is 457 g/mol. The molecule has 0 amide bonds. The Hall–Kier alpha value is 0.160. The van der Waals surface area contributed by atoms with Crippen LogP contribution in [-0.4, -0.2) is 4.98 Å². The molecule has 1 heterocycles. The molecule has 5 heteroatoms. The number of nitrogens with zero attached hydrogens (tertiary/aromatic N) is 1. The van der Waals surface area contributed by atoms with Crippen LogP contribution in [0.2, 0.25) is 5.02 Å². The van der Waals surface area contributed by atoms with E-state index in [9.17, 15) is 0 Å². The highest BCUT2D eigenvalue weighted by Gasteiger charge is 2.14. The molecule has 0 N–H and O–H groups in total. The summed E-state index contributed by atoms with van der Waals surface area (Å²) in [5.74, 6) is 0. The van der Waals surface area contributed by atoms with Crippen LogP contribution in [0.15, 0.2) is 41.1 Å². The van der Waals surface area contributed by atoms with Crippen molar-refractivity contribution in [2.24, 2.45) is 0 Å². The van der Waals surface area contributed by atoms with Gasteiger partial charge in [-0.25, -0.2) is 0 Å². The number of pyridine rings is 1. The second kappa shape index (κ2) is 6.55. The zero-order valence-electron chi connectivity index (χ0n) is 9.21. The van der Waals surface area contributed by atoms with Crippen LogP contribution in [0.5, 0.6) is 0 Å². The van der Waals surface area contributed by atoms with Gasteiger partial charge in [-0.3, -0.25) is 4.98 Å². The summed E-state index contributed by atoms with van der Waals surface area (Å²) in [6.45, 7) is 0. The Bertz CT molecular complexity index is 562. The second-order valence-corrected chi connectivity index (χ2v) is 6.82. The first-order chi connectivity index (χ1) is 8.58. The van der Waals surface area contributed by atoms with Crippen LogP contribution >= 0.6 is 61.7 Å². The van der Waals surface area contributed by atoms with Crippen LogP contribution < -0.4 is 0 Å². The van der Waals surface area contributed by atoms with Crippen molar-refractivity contribution in [3.63, 3.8) is 0 Å². The van der Waals surface area contributed by atoms with E-state index in [0.29, 0.717) is 11.4 Å². The lowest BCUT2D eigenvalue weighted by Gasteiger charge is -2.13. The number of rotatable bonds is 3. The number of aromatic nitrogens is 1. The predicted molar refractivity (Wildman–Crippen MR) is 88.4 cm³/mol. The molecule has 0 radical (unpaired) electrons. The first-order valence-corrected chi connectivity index (χ1v) is 7.94. The molecule has 1 atom stereocenters. The Kier molecular flexibility index (Phi) is 5.30. The molecule has 0 spiro atoms. The molecule has 1 aromatic heterocycles. The molecule has 18 heavy (non-hydrogen) atoms. The van der Waals surface area contributed by atoms with Crippen LogP contribution in [0, 0.1) is 3.57 Å². The fraction of sp³-hybridized carbons (Fsp3) is 0.154. The molecule has 2 aromatic rings. The molecule has 94 valence electrons. The molecular weight excluding hydrogens is 448 g/mol. The van der Waals surface area contributed by atoms with Gasteiger partial charge in [0, 0.05) is 20.4 Å². The zero-order chi connectivity index (χ0) is 13.1. The first-order valence-electron chi connectivity index (χ1n) is 5.25. The lowest BCUT2D eigenvalue weighted by atomic mass is 10.0. The Morgan fingerprint density at radius 3 is 2.83 bits per heavy atom. The van der Waals surface area contributed by atoms with Crippen LogP contribution in [0.4, 0.5) is 0 Å². The molecule has 0 saturated carbocycles. The van der Waals surface area contributed by atoms with Crippen molar-refractivity contribution in [2.45, 2.75) is 11.8 Å². The van der Waals surface area contributed by atoms with Crippen LogP contribution in [-0.2, 0) is 6.42 Å². The second-order valence-electron chi connectivity index (χ2n) is 3.80. The van der Waals surface area contributed by atoms with Gasteiger partial charge < -0.3 is 0 Å². The minimum atomic E-state index is -0.103. The van der Waals surface area contributed by atoms with E-state index in [4.69, 9.17) is 23.2 Å². The average Bonchev–Trinajstić information content (AvgIpc) is 2.35. The van der Waals surface area contributed by atoms with Crippen molar-refractivity contribution in [3.05, 3.63) is 60.9 Å². The van der Waals surface area contributed by atoms with Gasteiger partial charge in [0.05, 0.1) is 10.4 Å². The Labute approximate surface area is 138 Å². The molecule has 2 rings (SSSR count). The fourth-order valence-corrected chi connectivity index (χ4v) is 3.44. The maximum Gasteiger partial charge on any atom is 0.0636 e. The summed E-state index contributed by atoms with van der Waals surface area (Å²) < 4.78 is 2.19. The summed E-state index contributed by atoms with van der Waals surface area (Å²) in [5, 5.41) is 0.558. The summed E-state index contributed by atoms with van der Waals surface area (Å²) in [7, 11) is 0. The van der Waals surface area contributed by atoms with E-state index in [2.05, 4.69) is 49.6 Å². The standard InChI is InChI=1S/C13H9BrCl2IN/c14-9-1-2-13(17)10(6-9)11(15)5-8-3-4-18-7-12(8)16/h1-4,6-7,11H,5H2. The maximum absolute atomic E-state index is 6.49. The van der Waals surface area contributed by atoms with E-state index < -0.39 is 0 Å². The SMILES string of the molecule is Clc1cnccc1CC(Cl)c1cc(Br)ccc1I. The molecule has 1 aromatic carbocycles. The predicted octanol–water partition coefficient (Wildman–Crippen LogP) is 5.62. The van der Waals surface area contributed by atoms with E-state index in [-0.39, 0.29) is 5.38 Å². The molecule has 0 aliphatic carbocycles. The van der Waals surface area contributed by atoms with Crippen LogP contribution in [0.25, 0.3) is 0 Å². The van der Waals surface area contributed by atoms with Gasteiger partial charge in [-0.15, -0.1) is 11.6 Å². The van der Waals surface area contributed by atoms with Crippen molar-refractivity contribution in [3.8, 4) is 0 Å². The molecule has 0 aliphatic heterocycles. The van der Waals surface area contributed by atoms with E-state index in [1.165, 1.54) is 0 Å². The van der Waals surface area contributed by atoms with Gasteiger partial charge >= 0.3 is 0 Å². The van der Waals surface area contributed by atoms with Crippen molar-refractivity contribution >= 4 is 61.7 Å². The largest absolute Gasteiger partial charge is 0.263 e. The fourth-order valence-electron chi connectivity index (χ4n) is 1.63. The van der Waals surface area contributed by atoms with Gasteiger partial charge in [0.2, 0.25) is 0 Å². The van der Waals surface area contributed by atoms with E-state index in [1.807, 2.05) is 18.2 Å². The highest BCUT2D eigenvalue weighted by molar-refractivity contribution is 14.1. The normalized spacial score (nSPS) is 12.4. The van der Waals surface area contributed by atoms with Gasteiger partial charge in [0.25, 0.3) is 0 Å². The van der Waals surface area contributed by atoms with E-state index in [0.717, 1.165) is 19.2 Å². The summed E-state index contributed by atoms with van der Waals surface area (Å²) >= 11 is 18.3. The monoisotopic (exact) mass is 455 g/mol. The van der Waals surface area contributed by atoms with Gasteiger partial charge in [-0.2, -0.15) is 0 Å². The van der Waals surface area contributed by atoms with Crippen LogP contribution in [0.3, 0.4) is 0 Å². The molecule has 0 bridgehead atoms. The third kappa shape index (κ3) is 3.59. The van der Waals surface area contributed by atoms with E-state index >= 15 is 0 Å². The minimum Gasteiger partial charge on any atom is -0.263 e. The summed E-state index contributed by atoms with van der Waals surface area (Å²) in [4.78, 5) is 3.97. The third-order valence-corrected chi connectivity index (χ3v) is 4.76. The Balaban J connectivity index is 2.25. The third-order valence-electron chi connectivity index (χ3n) is 2.55. The quantitative estimate of drug-likeness (QED) is 0.431. The maximum atomic E-state index is 6.49. The smallest absolute Gasteiger partial charge is 0.0636 e. The number of hydrogen-bond donors (Lipinski definition) is 0.